The highest BCUT2D eigenvalue weighted by atomic mass is 35.5. The highest BCUT2D eigenvalue weighted by molar-refractivity contribution is 6.30. The Morgan fingerprint density at radius 1 is 1.53 bits per heavy atom. The van der Waals surface area contributed by atoms with Crippen LogP contribution in [0.15, 0.2) is 24.3 Å². The van der Waals surface area contributed by atoms with Gasteiger partial charge in [-0.15, -0.1) is 0 Å². The minimum absolute atomic E-state index is 0.142. The molecule has 1 aromatic carbocycles. The van der Waals surface area contributed by atoms with E-state index in [1.54, 1.807) is 0 Å². The van der Waals surface area contributed by atoms with Crippen molar-refractivity contribution in [2.45, 2.75) is 38.9 Å². The molecule has 19 heavy (non-hydrogen) atoms. The van der Waals surface area contributed by atoms with E-state index in [1.165, 1.54) is 0 Å². The lowest BCUT2D eigenvalue weighted by Crippen LogP contribution is -2.42. The van der Waals surface area contributed by atoms with Crippen molar-refractivity contribution < 1.29 is 9.53 Å². The van der Waals surface area contributed by atoms with Crippen LogP contribution in [-0.2, 0) is 16.1 Å². The summed E-state index contributed by atoms with van der Waals surface area (Å²) in [5, 5.41) is 0.729. The molecule has 0 aliphatic carbocycles. The largest absolute Gasteiger partial charge is 0.372 e. The number of carbonyl (C=O) groups is 1. The van der Waals surface area contributed by atoms with Crippen LogP contribution in [0.5, 0.6) is 0 Å². The fraction of sp³-hybridized carbons (Fsp3) is 0.533. The quantitative estimate of drug-likeness (QED) is 0.848. The summed E-state index contributed by atoms with van der Waals surface area (Å²) < 4.78 is 5.90. The lowest BCUT2D eigenvalue weighted by Gasteiger charge is -2.32. The molecule has 1 aliphatic heterocycles. The van der Waals surface area contributed by atoms with Gasteiger partial charge in [0, 0.05) is 24.5 Å². The lowest BCUT2D eigenvalue weighted by atomic mass is 10.1. The molecule has 1 aromatic rings. The molecule has 1 saturated heterocycles. The van der Waals surface area contributed by atoms with E-state index in [4.69, 9.17) is 16.3 Å². The Bertz CT molecular complexity index is 436. The van der Waals surface area contributed by atoms with E-state index in [-0.39, 0.29) is 12.0 Å². The molecule has 2 rings (SSSR count). The average Bonchev–Trinajstić information content (AvgIpc) is 2.45. The molecule has 104 valence electrons. The summed E-state index contributed by atoms with van der Waals surface area (Å²) >= 11 is 5.94. The summed E-state index contributed by atoms with van der Waals surface area (Å²) in [4.78, 5) is 13.6. The zero-order valence-corrected chi connectivity index (χ0v) is 12.0. The summed E-state index contributed by atoms with van der Waals surface area (Å²) in [7, 11) is 0. The molecule has 0 N–H and O–H groups in total. The Kier molecular flexibility index (Phi) is 5.23. The molecule has 1 fully saturated rings. The number of amides is 1. The Morgan fingerprint density at radius 3 is 3.11 bits per heavy atom. The second kappa shape index (κ2) is 6.92. The van der Waals surface area contributed by atoms with Crippen molar-refractivity contribution in [3.8, 4) is 0 Å². The molecule has 1 amide bonds. The van der Waals surface area contributed by atoms with Crippen molar-refractivity contribution in [2.75, 3.05) is 13.1 Å². The van der Waals surface area contributed by atoms with Gasteiger partial charge in [0.05, 0.1) is 12.7 Å². The van der Waals surface area contributed by atoms with Gasteiger partial charge in [-0.05, 0) is 30.5 Å². The predicted molar refractivity (Wildman–Crippen MR) is 76.1 cm³/mol. The molecule has 0 bridgehead atoms. The summed E-state index contributed by atoms with van der Waals surface area (Å²) in [6.45, 7) is 4.04. The van der Waals surface area contributed by atoms with Crippen LogP contribution in [0.3, 0.4) is 0 Å². The number of nitrogens with zero attached hydrogens (tertiary/aromatic N) is 1. The van der Waals surface area contributed by atoms with Crippen molar-refractivity contribution in [1.29, 1.82) is 0 Å². The monoisotopic (exact) mass is 281 g/mol. The number of rotatable bonds is 4. The predicted octanol–water partition coefficient (Wildman–Crippen LogP) is 3.26. The Labute approximate surface area is 119 Å². The Morgan fingerprint density at radius 2 is 2.37 bits per heavy atom. The highest BCUT2D eigenvalue weighted by Gasteiger charge is 2.22. The zero-order chi connectivity index (χ0) is 13.7. The molecule has 4 heteroatoms. The third kappa shape index (κ3) is 4.22. The molecule has 0 radical (unpaired) electrons. The molecule has 1 atom stereocenters. The number of piperidine rings is 1. The SMILES string of the molecule is CCC(=O)N1CCC[C@@H](OCc2cccc(Cl)c2)C1. The standard InChI is InChI=1S/C15H20ClNO2/c1-2-15(18)17-8-4-7-14(10-17)19-11-12-5-3-6-13(16)9-12/h3,5-6,9,14H,2,4,7-8,10-11H2,1H3/t14-/m1/s1. The van der Waals surface area contributed by atoms with Crippen molar-refractivity contribution in [3.05, 3.63) is 34.9 Å². The Balaban J connectivity index is 1.84. The maximum atomic E-state index is 11.7. The summed E-state index contributed by atoms with van der Waals surface area (Å²) in [6, 6.07) is 7.70. The summed E-state index contributed by atoms with van der Waals surface area (Å²) in [6.07, 6.45) is 2.75. The van der Waals surface area contributed by atoms with E-state index >= 15 is 0 Å². The van der Waals surface area contributed by atoms with Crippen LogP contribution < -0.4 is 0 Å². The van der Waals surface area contributed by atoms with Crippen molar-refractivity contribution in [2.24, 2.45) is 0 Å². The minimum Gasteiger partial charge on any atom is -0.372 e. The van der Waals surface area contributed by atoms with Gasteiger partial charge >= 0.3 is 0 Å². The van der Waals surface area contributed by atoms with E-state index in [9.17, 15) is 4.79 Å². The zero-order valence-electron chi connectivity index (χ0n) is 11.3. The van der Waals surface area contributed by atoms with Crippen LogP contribution in [0, 0.1) is 0 Å². The topological polar surface area (TPSA) is 29.5 Å². The fourth-order valence-electron chi connectivity index (χ4n) is 2.37. The van der Waals surface area contributed by atoms with Crippen molar-refractivity contribution in [3.63, 3.8) is 0 Å². The highest BCUT2D eigenvalue weighted by Crippen LogP contribution is 2.17. The Hall–Kier alpha value is -1.06. The van der Waals surface area contributed by atoms with Gasteiger partial charge in [-0.1, -0.05) is 30.7 Å². The first-order valence-corrected chi connectivity index (χ1v) is 7.20. The first kappa shape index (κ1) is 14.4. The molecule has 0 aromatic heterocycles. The van der Waals surface area contributed by atoms with Gasteiger partial charge < -0.3 is 9.64 Å². The van der Waals surface area contributed by atoms with Crippen LogP contribution in [-0.4, -0.2) is 30.0 Å². The number of halogens is 1. The van der Waals surface area contributed by atoms with Crippen LogP contribution in [0.1, 0.15) is 31.7 Å². The van der Waals surface area contributed by atoms with Gasteiger partial charge in [0.1, 0.15) is 0 Å². The van der Waals surface area contributed by atoms with Crippen LogP contribution >= 0.6 is 11.6 Å². The van der Waals surface area contributed by atoms with Gasteiger partial charge in [0.15, 0.2) is 0 Å². The number of ether oxygens (including phenoxy) is 1. The van der Waals surface area contributed by atoms with E-state index in [1.807, 2.05) is 36.1 Å². The van der Waals surface area contributed by atoms with Gasteiger partial charge in [0.25, 0.3) is 0 Å². The van der Waals surface area contributed by atoms with E-state index in [0.717, 1.165) is 30.0 Å². The number of hydrogen-bond acceptors (Lipinski definition) is 2. The van der Waals surface area contributed by atoms with Crippen LogP contribution in [0.25, 0.3) is 0 Å². The van der Waals surface area contributed by atoms with Gasteiger partial charge in [0.2, 0.25) is 5.91 Å². The maximum Gasteiger partial charge on any atom is 0.222 e. The fourth-order valence-corrected chi connectivity index (χ4v) is 2.58. The molecule has 0 saturated carbocycles. The molecular formula is C15H20ClNO2. The smallest absolute Gasteiger partial charge is 0.222 e. The average molecular weight is 282 g/mol. The van der Waals surface area contributed by atoms with Crippen LogP contribution in [0.4, 0.5) is 0 Å². The van der Waals surface area contributed by atoms with Crippen molar-refractivity contribution >= 4 is 17.5 Å². The van der Waals surface area contributed by atoms with Gasteiger partial charge in [-0.3, -0.25) is 4.79 Å². The number of carbonyl (C=O) groups excluding carboxylic acids is 1. The van der Waals surface area contributed by atoms with Gasteiger partial charge in [-0.2, -0.15) is 0 Å². The number of likely N-dealkylation sites (tertiary alicyclic amines) is 1. The first-order chi connectivity index (χ1) is 9.19. The van der Waals surface area contributed by atoms with Crippen molar-refractivity contribution in [1.82, 2.24) is 4.90 Å². The first-order valence-electron chi connectivity index (χ1n) is 6.83. The molecule has 1 heterocycles. The second-order valence-electron chi connectivity index (χ2n) is 4.90. The molecule has 0 spiro atoms. The van der Waals surface area contributed by atoms with E-state index < -0.39 is 0 Å². The van der Waals surface area contributed by atoms with E-state index in [2.05, 4.69) is 0 Å². The third-order valence-corrected chi connectivity index (χ3v) is 3.64. The normalized spacial score (nSPS) is 19.5. The lowest BCUT2D eigenvalue weighted by molar-refractivity contribution is -0.135. The molecular weight excluding hydrogens is 262 g/mol. The third-order valence-electron chi connectivity index (χ3n) is 3.41. The van der Waals surface area contributed by atoms with Gasteiger partial charge in [-0.25, -0.2) is 0 Å². The summed E-state index contributed by atoms with van der Waals surface area (Å²) in [5.74, 6) is 0.219. The molecule has 1 aliphatic rings. The number of benzene rings is 1. The maximum absolute atomic E-state index is 11.7. The van der Waals surface area contributed by atoms with Crippen LogP contribution in [0.2, 0.25) is 5.02 Å². The summed E-state index contributed by atoms with van der Waals surface area (Å²) in [5.41, 5.74) is 1.08. The second-order valence-corrected chi connectivity index (χ2v) is 5.33. The molecule has 0 unspecified atom stereocenters. The molecule has 3 nitrogen and oxygen atoms in total. The van der Waals surface area contributed by atoms with E-state index in [0.29, 0.717) is 19.6 Å². The number of hydrogen-bond donors (Lipinski definition) is 0. The minimum atomic E-state index is 0.142.